The molecule has 1 aliphatic rings. The molecule has 178 valence electrons. The molecule has 1 N–H and O–H groups in total. The minimum atomic E-state index is -0.0263. The first-order chi connectivity index (χ1) is 16.8. The highest BCUT2D eigenvalue weighted by atomic mass is 32.1. The van der Waals surface area contributed by atoms with E-state index in [-0.39, 0.29) is 12.1 Å². The molecule has 0 radical (unpaired) electrons. The van der Waals surface area contributed by atoms with Crippen LogP contribution in [0, 0.1) is 34.6 Å². The summed E-state index contributed by atoms with van der Waals surface area (Å²) in [4.78, 5) is 7.04. The minimum Gasteiger partial charge on any atom is -0.352 e. The first kappa shape index (κ1) is 23.3. The number of nitrogens with one attached hydrogen (secondary N) is 1. The lowest BCUT2D eigenvalue weighted by molar-refractivity contribution is 0.310. The van der Waals surface area contributed by atoms with Crippen molar-refractivity contribution in [2.24, 2.45) is 0 Å². The molecule has 35 heavy (non-hydrogen) atoms. The van der Waals surface area contributed by atoms with Gasteiger partial charge in [-0.3, -0.25) is 4.98 Å². The van der Waals surface area contributed by atoms with E-state index in [9.17, 15) is 0 Å². The van der Waals surface area contributed by atoms with Crippen LogP contribution in [0.3, 0.4) is 0 Å². The van der Waals surface area contributed by atoms with Crippen molar-refractivity contribution < 1.29 is 0 Å². The third-order valence-corrected chi connectivity index (χ3v) is 7.39. The van der Waals surface area contributed by atoms with Gasteiger partial charge in [0.15, 0.2) is 5.11 Å². The van der Waals surface area contributed by atoms with Gasteiger partial charge in [-0.05, 0) is 87.3 Å². The van der Waals surface area contributed by atoms with Gasteiger partial charge < -0.3 is 14.8 Å². The number of thiocarbonyl (C=S) groups is 1. The average Bonchev–Trinajstić information content (AvgIpc) is 3.30. The Morgan fingerprint density at radius 1 is 0.886 bits per heavy atom. The Balaban J connectivity index is 1.65. The molecule has 0 bridgehead atoms. The van der Waals surface area contributed by atoms with Crippen LogP contribution in [-0.2, 0) is 6.54 Å². The number of aryl methyl sites for hydroxylation is 4. The Morgan fingerprint density at radius 3 is 2.23 bits per heavy atom. The summed E-state index contributed by atoms with van der Waals surface area (Å²) in [6.07, 6.45) is 1.86. The van der Waals surface area contributed by atoms with Crippen LogP contribution in [-0.4, -0.2) is 19.6 Å². The van der Waals surface area contributed by atoms with Crippen molar-refractivity contribution in [1.29, 1.82) is 0 Å². The predicted molar refractivity (Wildman–Crippen MR) is 147 cm³/mol. The van der Waals surface area contributed by atoms with E-state index < -0.39 is 0 Å². The molecule has 2 atom stereocenters. The molecule has 0 unspecified atom stereocenters. The van der Waals surface area contributed by atoms with Gasteiger partial charge in [0.25, 0.3) is 0 Å². The Kier molecular flexibility index (Phi) is 6.20. The zero-order valence-corrected chi connectivity index (χ0v) is 21.9. The molecule has 0 saturated carbocycles. The van der Waals surface area contributed by atoms with Crippen LogP contribution in [0.25, 0.3) is 5.69 Å². The van der Waals surface area contributed by atoms with E-state index in [1.165, 1.54) is 44.9 Å². The number of hydrogen-bond donors (Lipinski definition) is 1. The fourth-order valence-electron chi connectivity index (χ4n) is 5.65. The second-order valence-electron chi connectivity index (χ2n) is 9.65. The highest BCUT2D eigenvalue weighted by Gasteiger charge is 2.41. The predicted octanol–water partition coefficient (Wildman–Crippen LogP) is 6.59. The average molecular weight is 481 g/mol. The first-order valence-electron chi connectivity index (χ1n) is 12.1. The maximum absolute atomic E-state index is 5.91. The summed E-state index contributed by atoms with van der Waals surface area (Å²) in [5.41, 5.74) is 11.1. The fraction of sp³-hybridized carbons (Fsp3) is 0.267. The maximum Gasteiger partial charge on any atom is 0.170 e. The van der Waals surface area contributed by atoms with Crippen LogP contribution < -0.4 is 5.32 Å². The maximum atomic E-state index is 5.91. The lowest BCUT2D eigenvalue weighted by Gasteiger charge is -2.28. The van der Waals surface area contributed by atoms with Crippen LogP contribution in [0.2, 0.25) is 0 Å². The van der Waals surface area contributed by atoms with Gasteiger partial charge in [-0.15, -0.1) is 0 Å². The van der Waals surface area contributed by atoms with Gasteiger partial charge in [-0.1, -0.05) is 54.1 Å². The monoisotopic (exact) mass is 480 g/mol. The molecule has 0 spiro atoms. The molecule has 2 aromatic carbocycles. The zero-order chi connectivity index (χ0) is 24.7. The van der Waals surface area contributed by atoms with Crippen molar-refractivity contribution in [2.75, 3.05) is 0 Å². The van der Waals surface area contributed by atoms with Crippen LogP contribution in [0.5, 0.6) is 0 Å². The molecule has 0 amide bonds. The molecular formula is C30H32N4S. The number of aromatic nitrogens is 2. The molecule has 3 heterocycles. The van der Waals surface area contributed by atoms with Crippen molar-refractivity contribution in [2.45, 2.75) is 53.2 Å². The zero-order valence-electron chi connectivity index (χ0n) is 21.0. The molecule has 0 aliphatic carbocycles. The summed E-state index contributed by atoms with van der Waals surface area (Å²) in [7, 11) is 0. The number of benzene rings is 2. The highest BCUT2D eigenvalue weighted by Crippen LogP contribution is 2.42. The molecule has 1 fully saturated rings. The molecule has 4 aromatic rings. The summed E-state index contributed by atoms with van der Waals surface area (Å²) in [6.45, 7) is 11.8. The van der Waals surface area contributed by atoms with E-state index in [0.29, 0.717) is 0 Å². The van der Waals surface area contributed by atoms with Crippen molar-refractivity contribution in [3.63, 3.8) is 0 Å². The summed E-state index contributed by atoms with van der Waals surface area (Å²) in [6, 6.07) is 23.5. The van der Waals surface area contributed by atoms with Crippen LogP contribution >= 0.6 is 12.2 Å². The number of rotatable bonds is 5. The number of pyridine rings is 1. The van der Waals surface area contributed by atoms with Gasteiger partial charge in [0.1, 0.15) is 0 Å². The van der Waals surface area contributed by atoms with Crippen LogP contribution in [0.1, 0.15) is 57.0 Å². The summed E-state index contributed by atoms with van der Waals surface area (Å²) in [5, 5.41) is 4.37. The van der Waals surface area contributed by atoms with Crippen LogP contribution in [0.4, 0.5) is 0 Å². The second kappa shape index (κ2) is 9.31. The number of hydrogen-bond acceptors (Lipinski definition) is 2. The van der Waals surface area contributed by atoms with Gasteiger partial charge in [0.2, 0.25) is 0 Å². The van der Waals surface area contributed by atoms with Crippen molar-refractivity contribution in [3.05, 3.63) is 118 Å². The van der Waals surface area contributed by atoms with E-state index in [0.717, 1.165) is 17.4 Å². The van der Waals surface area contributed by atoms with E-state index in [1.54, 1.807) is 0 Å². The third-order valence-electron chi connectivity index (χ3n) is 7.04. The molecule has 5 rings (SSSR count). The van der Waals surface area contributed by atoms with Crippen LogP contribution in [0.15, 0.2) is 72.9 Å². The normalized spacial score (nSPS) is 17.6. The van der Waals surface area contributed by atoms with Gasteiger partial charge in [0, 0.05) is 24.1 Å². The largest absolute Gasteiger partial charge is 0.352 e. The van der Waals surface area contributed by atoms with Gasteiger partial charge in [0.05, 0.1) is 23.5 Å². The fourth-order valence-corrected chi connectivity index (χ4v) is 5.96. The summed E-state index contributed by atoms with van der Waals surface area (Å²) >= 11 is 5.91. The Labute approximate surface area is 213 Å². The standard InChI is InChI=1S/C30H32N4S/c1-19-15-20(2)28(21(3)16-19)34-22(4)17-25(23(34)5)29-27(26-13-9-10-14-31-26)32-30(35)33(29)18-24-11-7-6-8-12-24/h6-17,27,29H,18H2,1-5H3,(H,32,35)/t27-,29-/m0/s1. The van der Waals surface area contributed by atoms with E-state index in [1.807, 2.05) is 18.3 Å². The van der Waals surface area contributed by atoms with E-state index >= 15 is 0 Å². The highest BCUT2D eigenvalue weighted by molar-refractivity contribution is 7.80. The summed E-state index contributed by atoms with van der Waals surface area (Å²) in [5.74, 6) is 0. The Bertz CT molecular complexity index is 1350. The minimum absolute atomic E-state index is 0.0263. The molecule has 4 nitrogen and oxygen atoms in total. The van der Waals surface area contributed by atoms with Crippen molar-refractivity contribution in [1.82, 2.24) is 19.8 Å². The molecule has 5 heteroatoms. The second-order valence-corrected chi connectivity index (χ2v) is 10.0. The molecule has 1 aliphatic heterocycles. The van der Waals surface area contributed by atoms with Crippen molar-refractivity contribution in [3.8, 4) is 5.69 Å². The van der Waals surface area contributed by atoms with Gasteiger partial charge >= 0.3 is 0 Å². The third kappa shape index (κ3) is 4.25. The van der Waals surface area contributed by atoms with E-state index in [2.05, 4.69) is 104 Å². The lowest BCUT2D eigenvalue weighted by Crippen LogP contribution is -2.29. The molecule has 1 saturated heterocycles. The van der Waals surface area contributed by atoms with Crippen molar-refractivity contribution >= 4 is 17.3 Å². The van der Waals surface area contributed by atoms with Gasteiger partial charge in [-0.25, -0.2) is 0 Å². The quantitative estimate of drug-likeness (QED) is 0.327. The topological polar surface area (TPSA) is 33.1 Å². The Hall–Kier alpha value is -3.44. The first-order valence-corrected chi connectivity index (χ1v) is 12.5. The molecular weight excluding hydrogens is 448 g/mol. The van der Waals surface area contributed by atoms with E-state index in [4.69, 9.17) is 17.2 Å². The SMILES string of the molecule is Cc1cc(C)c(-n2c(C)cc([C@H]3[C@H](c4ccccn4)NC(=S)N3Cc3ccccc3)c2C)c(C)c1. The number of nitrogens with zero attached hydrogens (tertiary/aromatic N) is 3. The Morgan fingerprint density at radius 2 is 1.57 bits per heavy atom. The lowest BCUT2D eigenvalue weighted by atomic mass is 9.96. The molecule has 2 aromatic heterocycles. The van der Waals surface area contributed by atoms with Gasteiger partial charge in [-0.2, -0.15) is 0 Å². The smallest absolute Gasteiger partial charge is 0.170 e. The summed E-state index contributed by atoms with van der Waals surface area (Å²) < 4.78 is 2.41.